The van der Waals surface area contributed by atoms with Crippen molar-refractivity contribution in [2.45, 2.75) is 24.7 Å². The van der Waals surface area contributed by atoms with E-state index in [-0.39, 0.29) is 22.9 Å². The Morgan fingerprint density at radius 1 is 1.17 bits per heavy atom. The average Bonchev–Trinajstić information content (AvgIpc) is 2.52. The van der Waals surface area contributed by atoms with Gasteiger partial charge in [-0.3, -0.25) is 9.59 Å². The lowest BCUT2D eigenvalue weighted by Gasteiger charge is -2.12. The molecule has 0 saturated carbocycles. The summed E-state index contributed by atoms with van der Waals surface area (Å²) in [6.07, 6.45) is 1.85. The van der Waals surface area contributed by atoms with Crippen LogP contribution < -0.4 is 10.6 Å². The van der Waals surface area contributed by atoms with E-state index in [0.29, 0.717) is 6.54 Å². The van der Waals surface area contributed by atoms with Crippen LogP contribution in [0.3, 0.4) is 0 Å². The fraction of sp³-hybridized carbons (Fsp3) is 0.467. The number of rotatable bonds is 8. The van der Waals surface area contributed by atoms with Crippen molar-refractivity contribution in [2.24, 2.45) is 0 Å². The maximum absolute atomic E-state index is 12.0. The number of hydrogen-bond donors (Lipinski definition) is 2. The number of carbonyl (C=O) groups is 2. The second-order valence-electron chi connectivity index (χ2n) is 5.20. The summed E-state index contributed by atoms with van der Waals surface area (Å²) >= 11 is 0. The van der Waals surface area contributed by atoms with Crippen molar-refractivity contribution in [3.05, 3.63) is 29.8 Å². The monoisotopic (exact) mass is 341 g/mol. The quantitative estimate of drug-likeness (QED) is 0.676. The Morgan fingerprint density at radius 2 is 1.87 bits per heavy atom. The van der Waals surface area contributed by atoms with E-state index in [1.807, 2.05) is 6.92 Å². The van der Waals surface area contributed by atoms with Crippen molar-refractivity contribution in [1.29, 1.82) is 0 Å². The molecule has 0 saturated heterocycles. The first-order chi connectivity index (χ1) is 10.8. The molecule has 1 aromatic rings. The molecular formula is C15H23N3O4S. The normalized spacial score (nSPS) is 11.3. The Morgan fingerprint density at radius 3 is 2.48 bits per heavy atom. The lowest BCUT2D eigenvalue weighted by Crippen LogP contribution is -2.37. The highest BCUT2D eigenvalue weighted by Crippen LogP contribution is 2.14. The minimum atomic E-state index is -3.61. The lowest BCUT2D eigenvalue weighted by atomic mass is 10.2. The predicted octanol–water partition coefficient (Wildman–Crippen LogP) is 0.583. The van der Waals surface area contributed by atoms with E-state index < -0.39 is 15.9 Å². The van der Waals surface area contributed by atoms with E-state index >= 15 is 0 Å². The molecule has 23 heavy (non-hydrogen) atoms. The Balaban J connectivity index is 2.69. The van der Waals surface area contributed by atoms with Gasteiger partial charge in [0.1, 0.15) is 0 Å². The number of nitrogens with zero attached hydrogens (tertiary/aromatic N) is 1. The Hall–Kier alpha value is -1.93. The van der Waals surface area contributed by atoms with E-state index in [9.17, 15) is 18.0 Å². The van der Waals surface area contributed by atoms with Gasteiger partial charge >= 0.3 is 0 Å². The highest BCUT2D eigenvalue weighted by atomic mass is 32.2. The summed E-state index contributed by atoms with van der Waals surface area (Å²) in [6, 6.07) is 5.70. The molecule has 1 aromatic carbocycles. The van der Waals surface area contributed by atoms with Crippen LogP contribution in [0.25, 0.3) is 0 Å². The fourth-order valence-electron chi connectivity index (χ4n) is 1.74. The highest BCUT2D eigenvalue weighted by Gasteiger charge is 2.18. The minimum absolute atomic E-state index is 0.0301. The zero-order valence-corrected chi connectivity index (χ0v) is 14.4. The van der Waals surface area contributed by atoms with Gasteiger partial charge in [-0.1, -0.05) is 19.4 Å². The lowest BCUT2D eigenvalue weighted by molar-refractivity contribution is -0.120. The topological polar surface area (TPSA) is 95.6 Å². The summed E-state index contributed by atoms with van der Waals surface area (Å²) in [5, 5.41) is 5.16. The van der Waals surface area contributed by atoms with Crippen LogP contribution in [0.4, 0.5) is 0 Å². The maximum Gasteiger partial charge on any atom is 0.251 e. The van der Waals surface area contributed by atoms with Gasteiger partial charge in [-0.15, -0.1) is 0 Å². The smallest absolute Gasteiger partial charge is 0.251 e. The first-order valence-corrected chi connectivity index (χ1v) is 8.80. The number of unbranched alkanes of at least 4 members (excludes halogenated alkanes) is 1. The van der Waals surface area contributed by atoms with Crippen LogP contribution in [-0.2, 0) is 14.8 Å². The molecule has 0 radical (unpaired) electrons. The number of sulfonamides is 1. The molecule has 0 heterocycles. The molecule has 0 aromatic heterocycles. The number of hydrogen-bond acceptors (Lipinski definition) is 4. The first-order valence-electron chi connectivity index (χ1n) is 7.36. The maximum atomic E-state index is 12.0. The Bertz CT molecular complexity index is 656. The molecule has 0 aliphatic rings. The molecule has 8 heteroatoms. The van der Waals surface area contributed by atoms with Crippen LogP contribution in [0.15, 0.2) is 29.2 Å². The second kappa shape index (κ2) is 8.64. The molecule has 0 spiro atoms. The summed E-state index contributed by atoms with van der Waals surface area (Å²) < 4.78 is 25.2. The summed E-state index contributed by atoms with van der Waals surface area (Å²) in [5.74, 6) is -0.768. The summed E-state index contributed by atoms with van der Waals surface area (Å²) in [5.41, 5.74) is 0.189. The fourth-order valence-corrected chi connectivity index (χ4v) is 2.69. The number of nitrogens with one attached hydrogen (secondary N) is 2. The third kappa shape index (κ3) is 5.65. The van der Waals surface area contributed by atoms with Crippen molar-refractivity contribution in [3.63, 3.8) is 0 Å². The van der Waals surface area contributed by atoms with E-state index in [2.05, 4.69) is 10.6 Å². The van der Waals surface area contributed by atoms with Gasteiger partial charge in [-0.2, -0.15) is 0 Å². The second-order valence-corrected chi connectivity index (χ2v) is 7.35. The van der Waals surface area contributed by atoms with E-state index in [4.69, 9.17) is 0 Å². The number of benzene rings is 1. The number of carbonyl (C=O) groups excluding carboxylic acids is 2. The van der Waals surface area contributed by atoms with Gasteiger partial charge in [0.2, 0.25) is 15.9 Å². The van der Waals surface area contributed by atoms with E-state index in [0.717, 1.165) is 17.1 Å². The molecule has 0 atom stereocenters. The zero-order chi connectivity index (χ0) is 17.5. The predicted molar refractivity (Wildman–Crippen MR) is 87.6 cm³/mol. The van der Waals surface area contributed by atoms with Crippen molar-refractivity contribution in [2.75, 3.05) is 27.2 Å². The SMILES string of the molecule is CCCCNC(=O)CNC(=O)c1cccc(S(=O)(=O)N(C)C)c1. The molecule has 0 fully saturated rings. The molecule has 2 amide bonds. The Kier molecular flexibility index (Phi) is 7.18. The molecule has 0 bridgehead atoms. The van der Waals surface area contributed by atoms with Crippen molar-refractivity contribution < 1.29 is 18.0 Å². The number of amides is 2. The van der Waals surface area contributed by atoms with Gasteiger partial charge in [-0.05, 0) is 24.6 Å². The van der Waals surface area contributed by atoms with Crippen molar-refractivity contribution in [3.8, 4) is 0 Å². The molecule has 0 aliphatic heterocycles. The van der Waals surface area contributed by atoms with Gasteiger partial charge in [-0.25, -0.2) is 12.7 Å². The van der Waals surface area contributed by atoms with E-state index in [1.165, 1.54) is 38.4 Å². The largest absolute Gasteiger partial charge is 0.355 e. The van der Waals surface area contributed by atoms with Crippen molar-refractivity contribution >= 4 is 21.8 Å². The van der Waals surface area contributed by atoms with Crippen LogP contribution in [0.5, 0.6) is 0 Å². The van der Waals surface area contributed by atoms with Gasteiger partial charge in [0, 0.05) is 26.2 Å². The van der Waals surface area contributed by atoms with Gasteiger partial charge in [0.25, 0.3) is 5.91 Å². The summed E-state index contributed by atoms with van der Waals surface area (Å²) in [6.45, 7) is 2.44. The molecule has 128 valence electrons. The average molecular weight is 341 g/mol. The third-order valence-electron chi connectivity index (χ3n) is 3.14. The van der Waals surface area contributed by atoms with Gasteiger partial charge in [0.05, 0.1) is 11.4 Å². The molecule has 7 nitrogen and oxygen atoms in total. The van der Waals surface area contributed by atoms with Crippen molar-refractivity contribution in [1.82, 2.24) is 14.9 Å². The van der Waals surface area contributed by atoms with Gasteiger partial charge in [0.15, 0.2) is 0 Å². The highest BCUT2D eigenvalue weighted by molar-refractivity contribution is 7.89. The van der Waals surface area contributed by atoms with Crippen LogP contribution >= 0.6 is 0 Å². The van der Waals surface area contributed by atoms with E-state index in [1.54, 1.807) is 0 Å². The molecule has 2 N–H and O–H groups in total. The standard InChI is InChI=1S/C15H23N3O4S/c1-4-5-9-16-14(19)11-17-15(20)12-7-6-8-13(10-12)23(21,22)18(2)3/h6-8,10H,4-5,9,11H2,1-3H3,(H,16,19)(H,17,20). The zero-order valence-electron chi connectivity index (χ0n) is 13.6. The third-order valence-corrected chi connectivity index (χ3v) is 4.95. The van der Waals surface area contributed by atoms with Crippen LogP contribution in [-0.4, -0.2) is 51.7 Å². The first kappa shape index (κ1) is 19.1. The summed E-state index contributed by atoms with van der Waals surface area (Å²) in [4.78, 5) is 23.6. The van der Waals surface area contributed by atoms with Crippen LogP contribution in [0.1, 0.15) is 30.1 Å². The Labute approximate surface area is 137 Å². The van der Waals surface area contributed by atoms with Gasteiger partial charge < -0.3 is 10.6 Å². The molecule has 1 rings (SSSR count). The summed E-state index contributed by atoms with van der Waals surface area (Å²) in [7, 11) is -0.766. The van der Waals surface area contributed by atoms with Crippen LogP contribution in [0.2, 0.25) is 0 Å². The molecule has 0 aliphatic carbocycles. The van der Waals surface area contributed by atoms with Crippen LogP contribution in [0, 0.1) is 0 Å². The minimum Gasteiger partial charge on any atom is -0.355 e. The molecular weight excluding hydrogens is 318 g/mol. The molecule has 0 unspecified atom stereocenters.